The molecule has 5 rings (SSSR count). The number of hydrogen-bond donors (Lipinski definition) is 2. The highest BCUT2D eigenvalue weighted by molar-refractivity contribution is 5.59. The van der Waals surface area contributed by atoms with Crippen LogP contribution in [0.25, 0.3) is 16.9 Å². The summed E-state index contributed by atoms with van der Waals surface area (Å²) in [4.78, 5) is 10.2. The molecule has 0 amide bonds. The standard InChI is InChI=1S/C22H24FN9O/c1-14(18-10-16(23)2-3-20(18)32-27-8-9-28-32)33-22-21(24)26-12-19(30-22)15-11-29-31(13-15)17-4-6-25-7-5-17/h2-3,8-14,17,25H,4-7H2,1H3,(H2,24,26). The van der Waals surface area contributed by atoms with E-state index < -0.39 is 11.9 Å². The van der Waals surface area contributed by atoms with Crippen molar-refractivity contribution >= 4 is 5.82 Å². The summed E-state index contributed by atoms with van der Waals surface area (Å²) in [5.41, 5.74) is 8.62. The van der Waals surface area contributed by atoms with Crippen LogP contribution >= 0.6 is 0 Å². The highest BCUT2D eigenvalue weighted by Gasteiger charge is 2.20. The van der Waals surface area contributed by atoms with Crippen LogP contribution in [-0.4, -0.2) is 47.8 Å². The van der Waals surface area contributed by atoms with Gasteiger partial charge in [-0.15, -0.1) is 0 Å². The third-order valence-electron chi connectivity index (χ3n) is 5.70. The van der Waals surface area contributed by atoms with Crippen molar-refractivity contribution in [2.75, 3.05) is 18.8 Å². The molecule has 0 bridgehead atoms. The maximum absolute atomic E-state index is 14.0. The predicted octanol–water partition coefficient (Wildman–Crippen LogP) is 2.71. The van der Waals surface area contributed by atoms with Gasteiger partial charge < -0.3 is 15.8 Å². The minimum Gasteiger partial charge on any atom is -0.467 e. The van der Waals surface area contributed by atoms with Crippen molar-refractivity contribution in [3.8, 4) is 22.8 Å². The van der Waals surface area contributed by atoms with E-state index in [2.05, 4.69) is 30.6 Å². The van der Waals surface area contributed by atoms with Gasteiger partial charge in [0.1, 0.15) is 11.9 Å². The van der Waals surface area contributed by atoms with E-state index in [9.17, 15) is 4.39 Å². The molecule has 0 spiro atoms. The van der Waals surface area contributed by atoms with E-state index in [0.29, 0.717) is 23.0 Å². The van der Waals surface area contributed by atoms with Crippen LogP contribution in [0.15, 0.2) is 49.2 Å². The molecule has 3 N–H and O–H groups in total. The summed E-state index contributed by atoms with van der Waals surface area (Å²) in [6.07, 6.45) is 9.90. The molecular formula is C22H24FN9O. The number of aromatic nitrogens is 7. The summed E-state index contributed by atoms with van der Waals surface area (Å²) in [6, 6.07) is 4.70. The fourth-order valence-electron chi connectivity index (χ4n) is 3.95. The molecule has 170 valence electrons. The number of ether oxygens (including phenoxy) is 1. The first-order valence-corrected chi connectivity index (χ1v) is 10.8. The van der Waals surface area contributed by atoms with Gasteiger partial charge in [0.2, 0.25) is 0 Å². The summed E-state index contributed by atoms with van der Waals surface area (Å²) >= 11 is 0. The second-order valence-corrected chi connectivity index (χ2v) is 7.92. The van der Waals surface area contributed by atoms with E-state index in [1.807, 2.05) is 10.9 Å². The Morgan fingerprint density at radius 1 is 1.15 bits per heavy atom. The van der Waals surface area contributed by atoms with Crippen molar-refractivity contribution in [2.24, 2.45) is 0 Å². The third-order valence-corrected chi connectivity index (χ3v) is 5.70. The lowest BCUT2D eigenvalue weighted by Crippen LogP contribution is -2.29. The Balaban J connectivity index is 1.41. The number of nitrogen functional groups attached to an aromatic ring is 1. The summed E-state index contributed by atoms with van der Waals surface area (Å²) in [5, 5.41) is 16.2. The zero-order chi connectivity index (χ0) is 22.8. The summed E-state index contributed by atoms with van der Waals surface area (Å²) in [6.45, 7) is 3.74. The molecule has 3 aromatic heterocycles. The Bertz CT molecular complexity index is 1230. The number of anilines is 1. The Morgan fingerprint density at radius 2 is 1.94 bits per heavy atom. The lowest BCUT2D eigenvalue weighted by atomic mass is 10.1. The van der Waals surface area contributed by atoms with Crippen LogP contribution in [0.5, 0.6) is 5.88 Å². The number of nitrogens with one attached hydrogen (secondary N) is 1. The molecule has 1 aliphatic rings. The number of rotatable bonds is 6. The fraction of sp³-hybridized carbons (Fsp3) is 0.318. The van der Waals surface area contributed by atoms with E-state index in [0.717, 1.165) is 31.5 Å². The molecular weight excluding hydrogens is 425 g/mol. The predicted molar refractivity (Wildman–Crippen MR) is 119 cm³/mol. The zero-order valence-corrected chi connectivity index (χ0v) is 18.1. The topological polar surface area (TPSA) is 122 Å². The van der Waals surface area contributed by atoms with E-state index >= 15 is 0 Å². The lowest BCUT2D eigenvalue weighted by molar-refractivity contribution is 0.217. The lowest BCUT2D eigenvalue weighted by Gasteiger charge is -2.22. The number of hydrogen-bond acceptors (Lipinski definition) is 8. The summed E-state index contributed by atoms with van der Waals surface area (Å²) < 4.78 is 22.1. The minimum absolute atomic E-state index is 0.145. The molecule has 1 aliphatic heterocycles. The van der Waals surface area contributed by atoms with Crippen molar-refractivity contribution in [1.82, 2.24) is 40.1 Å². The SMILES string of the molecule is CC(Oc1nc(-c2cnn(C3CCNCC3)c2)cnc1N)c1cc(F)ccc1-n1nccn1. The van der Waals surface area contributed by atoms with Gasteiger partial charge in [-0.25, -0.2) is 14.4 Å². The van der Waals surface area contributed by atoms with Gasteiger partial charge in [0.05, 0.1) is 42.2 Å². The Kier molecular flexibility index (Phi) is 5.69. The van der Waals surface area contributed by atoms with Gasteiger partial charge >= 0.3 is 0 Å². The van der Waals surface area contributed by atoms with Gasteiger partial charge in [-0.05, 0) is 51.1 Å². The van der Waals surface area contributed by atoms with Crippen molar-refractivity contribution in [2.45, 2.75) is 31.9 Å². The first-order chi connectivity index (χ1) is 16.1. The molecule has 1 saturated heterocycles. The van der Waals surface area contributed by atoms with E-state index in [4.69, 9.17) is 10.5 Å². The van der Waals surface area contributed by atoms with Crippen molar-refractivity contribution in [3.63, 3.8) is 0 Å². The highest BCUT2D eigenvalue weighted by atomic mass is 19.1. The number of benzene rings is 1. The Hall–Kier alpha value is -3.86. The first-order valence-electron chi connectivity index (χ1n) is 10.8. The molecule has 33 heavy (non-hydrogen) atoms. The molecule has 1 atom stereocenters. The highest BCUT2D eigenvalue weighted by Crippen LogP contribution is 2.30. The van der Waals surface area contributed by atoms with Gasteiger partial charge in [0, 0.05) is 17.3 Å². The van der Waals surface area contributed by atoms with Gasteiger partial charge in [0.25, 0.3) is 5.88 Å². The first kappa shape index (κ1) is 21.0. The van der Waals surface area contributed by atoms with Gasteiger partial charge in [-0.1, -0.05) is 0 Å². The molecule has 0 aliphatic carbocycles. The van der Waals surface area contributed by atoms with E-state index in [1.165, 1.54) is 16.9 Å². The maximum Gasteiger partial charge on any atom is 0.258 e. The number of halogens is 1. The minimum atomic E-state index is -0.592. The Labute approximate surface area is 189 Å². The second kappa shape index (κ2) is 8.94. The van der Waals surface area contributed by atoms with Gasteiger partial charge in [-0.2, -0.15) is 20.1 Å². The molecule has 4 heterocycles. The van der Waals surface area contributed by atoms with Crippen molar-refractivity contribution in [1.29, 1.82) is 0 Å². The van der Waals surface area contributed by atoms with E-state index in [1.54, 1.807) is 37.8 Å². The van der Waals surface area contributed by atoms with Crippen LogP contribution in [0.3, 0.4) is 0 Å². The summed E-state index contributed by atoms with van der Waals surface area (Å²) in [5.74, 6) is -0.0840. The molecule has 1 fully saturated rings. The molecule has 10 nitrogen and oxygen atoms in total. The number of nitrogens with zero attached hydrogens (tertiary/aromatic N) is 7. The number of piperidine rings is 1. The van der Waals surface area contributed by atoms with Crippen LogP contribution in [0.4, 0.5) is 10.2 Å². The maximum atomic E-state index is 14.0. The van der Waals surface area contributed by atoms with Crippen LogP contribution in [0, 0.1) is 5.82 Å². The van der Waals surface area contributed by atoms with Crippen LogP contribution in [0.1, 0.15) is 37.5 Å². The molecule has 1 unspecified atom stereocenters. The third kappa shape index (κ3) is 4.40. The Morgan fingerprint density at radius 3 is 2.73 bits per heavy atom. The largest absolute Gasteiger partial charge is 0.467 e. The molecule has 11 heteroatoms. The smallest absolute Gasteiger partial charge is 0.258 e. The average molecular weight is 449 g/mol. The van der Waals surface area contributed by atoms with Crippen molar-refractivity contribution < 1.29 is 9.13 Å². The van der Waals surface area contributed by atoms with Crippen LogP contribution in [-0.2, 0) is 0 Å². The molecule has 0 saturated carbocycles. The monoisotopic (exact) mass is 449 g/mol. The van der Waals surface area contributed by atoms with Crippen LogP contribution < -0.4 is 15.8 Å². The fourth-order valence-corrected chi connectivity index (χ4v) is 3.95. The molecule has 0 radical (unpaired) electrons. The van der Waals surface area contributed by atoms with Crippen LogP contribution in [0.2, 0.25) is 0 Å². The van der Waals surface area contributed by atoms with Gasteiger partial charge in [-0.3, -0.25) is 4.68 Å². The summed E-state index contributed by atoms with van der Waals surface area (Å²) in [7, 11) is 0. The van der Waals surface area contributed by atoms with E-state index in [-0.39, 0.29) is 11.7 Å². The van der Waals surface area contributed by atoms with Gasteiger partial charge in [0.15, 0.2) is 5.82 Å². The average Bonchev–Trinajstić information content (AvgIpc) is 3.54. The quantitative estimate of drug-likeness (QED) is 0.461. The normalized spacial score (nSPS) is 15.5. The number of nitrogens with two attached hydrogens (primary N) is 1. The second-order valence-electron chi connectivity index (χ2n) is 7.92. The van der Waals surface area contributed by atoms with Crippen molar-refractivity contribution in [3.05, 3.63) is 60.6 Å². The molecule has 4 aromatic rings. The molecule has 1 aromatic carbocycles. The zero-order valence-electron chi connectivity index (χ0n) is 18.1.